The van der Waals surface area contributed by atoms with Crippen molar-refractivity contribution in [1.82, 2.24) is 23.9 Å². The molecule has 0 atom stereocenters. The molecule has 0 bridgehead atoms. The first-order valence-corrected chi connectivity index (χ1v) is 9.17. The van der Waals surface area contributed by atoms with E-state index in [-0.39, 0.29) is 5.56 Å². The van der Waals surface area contributed by atoms with E-state index in [1.165, 1.54) is 11.6 Å². The van der Waals surface area contributed by atoms with Crippen LogP contribution < -0.4 is 16.0 Å². The van der Waals surface area contributed by atoms with E-state index in [0.717, 1.165) is 27.1 Å². The van der Waals surface area contributed by atoms with E-state index < -0.39 is 5.69 Å². The number of ether oxygens (including phenoxy) is 1. The number of hydrogen-bond acceptors (Lipinski definition) is 5. The third-order valence-corrected chi connectivity index (χ3v) is 4.87. The summed E-state index contributed by atoms with van der Waals surface area (Å²) >= 11 is 0. The first-order valence-electron chi connectivity index (χ1n) is 9.17. The van der Waals surface area contributed by atoms with E-state index in [1.807, 2.05) is 43.3 Å². The van der Waals surface area contributed by atoms with Crippen molar-refractivity contribution in [2.75, 3.05) is 7.11 Å². The molecule has 4 rings (SSSR count). The normalized spacial score (nSPS) is 11.1. The Morgan fingerprint density at radius 3 is 2.38 bits per heavy atom. The van der Waals surface area contributed by atoms with Crippen molar-refractivity contribution < 1.29 is 4.74 Å². The molecule has 148 valence electrons. The predicted octanol–water partition coefficient (Wildman–Crippen LogP) is 1.71. The molecule has 0 aliphatic rings. The molecule has 4 aromatic rings. The second kappa shape index (κ2) is 7.38. The Hall–Kier alpha value is -3.68. The highest BCUT2D eigenvalue weighted by molar-refractivity contribution is 5.73. The first-order chi connectivity index (χ1) is 14.0. The van der Waals surface area contributed by atoms with Crippen molar-refractivity contribution in [2.45, 2.75) is 20.0 Å². The highest BCUT2D eigenvalue weighted by Crippen LogP contribution is 2.14. The van der Waals surface area contributed by atoms with Gasteiger partial charge in [-0.15, -0.1) is 0 Å². The maximum atomic E-state index is 12.8. The van der Waals surface area contributed by atoms with E-state index >= 15 is 0 Å². The Labute approximate surface area is 166 Å². The van der Waals surface area contributed by atoms with Gasteiger partial charge in [0, 0.05) is 25.1 Å². The maximum absolute atomic E-state index is 12.8. The first kappa shape index (κ1) is 18.7. The molecule has 0 N–H and O–H groups in total. The summed E-state index contributed by atoms with van der Waals surface area (Å²) in [7, 11) is 3.09. The molecule has 8 nitrogen and oxygen atoms in total. The van der Waals surface area contributed by atoms with Gasteiger partial charge in [0.15, 0.2) is 5.65 Å². The molecule has 0 fully saturated rings. The van der Waals surface area contributed by atoms with Crippen LogP contribution in [-0.2, 0) is 20.1 Å². The van der Waals surface area contributed by atoms with Gasteiger partial charge in [-0.3, -0.25) is 23.6 Å². The van der Waals surface area contributed by atoms with E-state index in [9.17, 15) is 9.59 Å². The van der Waals surface area contributed by atoms with Crippen molar-refractivity contribution in [3.8, 4) is 5.75 Å². The third-order valence-electron chi connectivity index (χ3n) is 4.87. The Balaban J connectivity index is 1.78. The maximum Gasteiger partial charge on any atom is 0.332 e. The van der Waals surface area contributed by atoms with Gasteiger partial charge in [0.2, 0.25) is 0 Å². The number of aryl methyl sites for hydroxylation is 1. The average Bonchev–Trinajstić information content (AvgIpc) is 3.15. The molecule has 8 heteroatoms. The van der Waals surface area contributed by atoms with Gasteiger partial charge in [-0.2, -0.15) is 5.10 Å². The summed E-state index contributed by atoms with van der Waals surface area (Å²) in [6.07, 6.45) is 3.46. The minimum Gasteiger partial charge on any atom is -0.497 e. The lowest BCUT2D eigenvalue weighted by molar-refractivity contribution is 0.414. The Morgan fingerprint density at radius 2 is 1.72 bits per heavy atom. The Bertz CT molecular complexity index is 1280. The van der Waals surface area contributed by atoms with Crippen LogP contribution in [0.1, 0.15) is 16.8 Å². The fourth-order valence-corrected chi connectivity index (χ4v) is 3.22. The standard InChI is InChI=1S/C21H21N5O3/c1-14-4-5-16(10-22-14)11-25-13-18-19(23-25)26(21(28)24(2)20(18)27)12-15-6-8-17(29-3)9-7-15/h4-10,13H,11-12H2,1-3H3. The fraction of sp³-hybridized carbons (Fsp3) is 0.238. The number of hydrogen-bond donors (Lipinski definition) is 0. The second-order valence-corrected chi connectivity index (χ2v) is 6.95. The molecule has 0 unspecified atom stereocenters. The van der Waals surface area contributed by atoms with Crippen LogP contribution in [0.3, 0.4) is 0 Å². The number of aromatic nitrogens is 5. The molecule has 0 radical (unpaired) electrons. The molecule has 1 aromatic carbocycles. The molecule has 0 aliphatic heterocycles. The summed E-state index contributed by atoms with van der Waals surface area (Å²) in [4.78, 5) is 29.7. The van der Waals surface area contributed by atoms with Crippen LogP contribution in [0.25, 0.3) is 11.0 Å². The molecule has 3 aromatic heterocycles. The van der Waals surface area contributed by atoms with Crippen molar-refractivity contribution >= 4 is 11.0 Å². The molecular weight excluding hydrogens is 370 g/mol. The topological polar surface area (TPSA) is 83.9 Å². The minimum absolute atomic E-state index is 0.302. The smallest absolute Gasteiger partial charge is 0.332 e. The molecule has 29 heavy (non-hydrogen) atoms. The SMILES string of the molecule is COc1ccc(Cn2c(=O)n(C)c(=O)c3cn(Cc4ccc(C)nc4)nc32)cc1. The zero-order chi connectivity index (χ0) is 20.5. The highest BCUT2D eigenvalue weighted by atomic mass is 16.5. The molecule has 3 heterocycles. The summed E-state index contributed by atoms with van der Waals surface area (Å²) in [6.45, 7) is 2.69. The summed E-state index contributed by atoms with van der Waals surface area (Å²) in [5, 5.41) is 4.94. The molecule has 0 spiro atoms. The van der Waals surface area contributed by atoms with Crippen molar-refractivity contribution in [3.63, 3.8) is 0 Å². The van der Waals surface area contributed by atoms with Crippen molar-refractivity contribution in [3.05, 3.63) is 86.5 Å². The molecule has 0 saturated carbocycles. The van der Waals surface area contributed by atoms with Gasteiger partial charge in [0.25, 0.3) is 5.56 Å². The number of fused-ring (bicyclic) bond motifs is 1. The summed E-state index contributed by atoms with van der Waals surface area (Å²) in [6, 6.07) is 11.3. The lowest BCUT2D eigenvalue weighted by Gasteiger charge is -2.09. The van der Waals surface area contributed by atoms with Crippen LogP contribution in [0.15, 0.2) is 58.4 Å². The lowest BCUT2D eigenvalue weighted by atomic mass is 10.2. The molecule has 0 saturated heterocycles. The van der Waals surface area contributed by atoms with E-state index in [2.05, 4.69) is 10.1 Å². The van der Waals surface area contributed by atoms with Crippen LogP contribution >= 0.6 is 0 Å². The van der Waals surface area contributed by atoms with Crippen LogP contribution in [-0.4, -0.2) is 31.0 Å². The largest absolute Gasteiger partial charge is 0.497 e. The lowest BCUT2D eigenvalue weighted by Crippen LogP contribution is -2.38. The van der Waals surface area contributed by atoms with Gasteiger partial charge in [-0.05, 0) is 36.2 Å². The van der Waals surface area contributed by atoms with Crippen LogP contribution in [0.5, 0.6) is 5.75 Å². The van der Waals surface area contributed by atoms with Crippen LogP contribution in [0.4, 0.5) is 0 Å². The number of nitrogens with zero attached hydrogens (tertiary/aromatic N) is 5. The molecule has 0 amide bonds. The van der Waals surface area contributed by atoms with Crippen molar-refractivity contribution in [1.29, 1.82) is 0 Å². The Kier molecular flexibility index (Phi) is 4.75. The molecular formula is C21H21N5O3. The third kappa shape index (κ3) is 3.56. The minimum atomic E-state index is -0.402. The van der Waals surface area contributed by atoms with Crippen LogP contribution in [0.2, 0.25) is 0 Å². The quantitative estimate of drug-likeness (QED) is 0.517. The van der Waals surface area contributed by atoms with E-state index in [1.54, 1.807) is 24.2 Å². The monoisotopic (exact) mass is 391 g/mol. The average molecular weight is 391 g/mol. The van der Waals surface area contributed by atoms with Gasteiger partial charge in [0.1, 0.15) is 11.1 Å². The number of pyridine rings is 1. The van der Waals surface area contributed by atoms with Gasteiger partial charge < -0.3 is 4.74 Å². The van der Waals surface area contributed by atoms with Gasteiger partial charge in [-0.1, -0.05) is 18.2 Å². The van der Waals surface area contributed by atoms with E-state index in [4.69, 9.17) is 4.74 Å². The highest BCUT2D eigenvalue weighted by Gasteiger charge is 2.15. The zero-order valence-corrected chi connectivity index (χ0v) is 16.5. The van der Waals surface area contributed by atoms with Gasteiger partial charge in [-0.25, -0.2) is 4.79 Å². The summed E-state index contributed by atoms with van der Waals surface area (Å²) in [5.41, 5.74) is 2.41. The molecule has 0 aliphatic carbocycles. The van der Waals surface area contributed by atoms with Crippen LogP contribution in [0, 0.1) is 6.92 Å². The Morgan fingerprint density at radius 1 is 1.00 bits per heavy atom. The second-order valence-electron chi connectivity index (χ2n) is 6.95. The zero-order valence-electron chi connectivity index (χ0n) is 16.5. The predicted molar refractivity (Wildman–Crippen MR) is 109 cm³/mol. The summed E-state index contributed by atoms with van der Waals surface area (Å²) in [5.74, 6) is 0.739. The van der Waals surface area contributed by atoms with E-state index in [0.29, 0.717) is 24.1 Å². The van der Waals surface area contributed by atoms with Gasteiger partial charge >= 0.3 is 5.69 Å². The van der Waals surface area contributed by atoms with Crippen molar-refractivity contribution in [2.24, 2.45) is 7.05 Å². The fourth-order valence-electron chi connectivity index (χ4n) is 3.22. The van der Waals surface area contributed by atoms with Gasteiger partial charge in [0.05, 0.1) is 20.2 Å². The summed E-state index contributed by atoms with van der Waals surface area (Å²) < 4.78 is 9.48. The number of methoxy groups -OCH3 is 1. The number of benzene rings is 1. The number of rotatable bonds is 5.